The molecule has 3 N–H and O–H groups in total. The maximum atomic E-state index is 15.0. The van der Waals surface area contributed by atoms with Crippen LogP contribution in [0.4, 0.5) is 16.0 Å². The summed E-state index contributed by atoms with van der Waals surface area (Å²) in [5.74, 6) is -1.37. The number of nitrogens with zero attached hydrogens (tertiary/aromatic N) is 2. The van der Waals surface area contributed by atoms with Gasteiger partial charge in [0.15, 0.2) is 0 Å². The number of hydrogen-bond acceptors (Lipinski definition) is 6. The Bertz CT molecular complexity index is 1850. The third-order valence-electron chi connectivity index (χ3n) is 6.16. The minimum atomic E-state index is -1.07. The van der Waals surface area contributed by atoms with Gasteiger partial charge in [-0.15, -0.1) is 0 Å². The zero-order chi connectivity index (χ0) is 28.2. The Hall–Kier alpha value is -5.20. The molecule has 1 aromatic heterocycles. The summed E-state index contributed by atoms with van der Waals surface area (Å²) < 4.78 is 21.0. The maximum absolute atomic E-state index is 15.0. The highest BCUT2D eigenvalue weighted by Gasteiger charge is 2.18. The summed E-state index contributed by atoms with van der Waals surface area (Å²) in [4.78, 5) is 31.6. The molecule has 8 nitrogen and oxygen atoms in total. The van der Waals surface area contributed by atoms with Crippen LogP contribution in [0.2, 0.25) is 5.02 Å². The maximum Gasteiger partial charge on any atom is 0.335 e. The van der Waals surface area contributed by atoms with E-state index >= 15 is 0 Å². The van der Waals surface area contributed by atoms with Crippen molar-refractivity contribution in [3.63, 3.8) is 0 Å². The highest BCUT2D eigenvalue weighted by atomic mass is 35.5. The Morgan fingerprint density at radius 3 is 2.65 bits per heavy atom. The number of anilines is 2. The first kappa shape index (κ1) is 26.4. The van der Waals surface area contributed by atoms with Crippen molar-refractivity contribution < 1.29 is 19.0 Å². The number of H-pyrrole nitrogens is 1. The highest BCUT2D eigenvalue weighted by Crippen LogP contribution is 2.33. The number of benzene rings is 4. The summed E-state index contributed by atoms with van der Waals surface area (Å²) in [6.07, 6.45) is 0.118. The molecule has 0 atom stereocenters. The van der Waals surface area contributed by atoms with Crippen LogP contribution in [0.1, 0.15) is 21.5 Å². The largest absolute Gasteiger partial charge is 0.493 e. The van der Waals surface area contributed by atoms with Gasteiger partial charge >= 0.3 is 5.97 Å². The van der Waals surface area contributed by atoms with E-state index in [1.807, 2.05) is 6.07 Å². The monoisotopic (exact) mass is 554 g/mol. The molecular weight excluding hydrogens is 535 g/mol. The molecule has 1 heterocycles. The van der Waals surface area contributed by atoms with Gasteiger partial charge in [0.25, 0.3) is 5.56 Å². The fourth-order valence-electron chi connectivity index (χ4n) is 4.33. The van der Waals surface area contributed by atoms with Gasteiger partial charge in [0.05, 0.1) is 17.6 Å². The van der Waals surface area contributed by atoms with Crippen molar-refractivity contribution in [3.8, 4) is 22.9 Å². The van der Waals surface area contributed by atoms with Crippen molar-refractivity contribution >= 4 is 40.1 Å². The molecular formula is C30H20ClFN4O4. The Balaban J connectivity index is 1.46. The van der Waals surface area contributed by atoms with Gasteiger partial charge in [-0.25, -0.2) is 14.2 Å². The lowest BCUT2D eigenvalue weighted by Gasteiger charge is -2.14. The summed E-state index contributed by atoms with van der Waals surface area (Å²) in [5, 5.41) is 22.4. The van der Waals surface area contributed by atoms with Crippen molar-refractivity contribution in [2.45, 2.75) is 6.42 Å². The molecule has 0 aliphatic rings. The molecule has 0 amide bonds. The molecule has 0 unspecified atom stereocenters. The van der Waals surface area contributed by atoms with Crippen LogP contribution in [-0.2, 0) is 6.42 Å². The van der Waals surface area contributed by atoms with E-state index in [2.05, 4.69) is 15.3 Å². The van der Waals surface area contributed by atoms with E-state index < -0.39 is 17.3 Å². The Kier molecular flexibility index (Phi) is 7.44. The number of aromatic amines is 1. The molecule has 0 saturated carbocycles. The number of para-hydroxylation sites is 1. The molecule has 0 aliphatic heterocycles. The Morgan fingerprint density at radius 1 is 1.10 bits per heavy atom. The number of rotatable bonds is 8. The number of carboxylic acid groups (broad SMARTS) is 1. The predicted octanol–water partition coefficient (Wildman–Crippen LogP) is 6.32. The fourth-order valence-corrected chi connectivity index (χ4v) is 4.50. The Morgan fingerprint density at radius 2 is 1.90 bits per heavy atom. The van der Waals surface area contributed by atoms with Gasteiger partial charge in [0.1, 0.15) is 28.7 Å². The molecule has 10 heteroatoms. The number of nitriles is 1. The zero-order valence-electron chi connectivity index (χ0n) is 20.7. The van der Waals surface area contributed by atoms with Crippen LogP contribution >= 0.6 is 11.6 Å². The molecule has 0 bridgehead atoms. The van der Waals surface area contributed by atoms with Crippen molar-refractivity contribution in [1.82, 2.24) is 9.97 Å². The molecule has 0 radical (unpaired) electrons. The topological polar surface area (TPSA) is 128 Å². The summed E-state index contributed by atoms with van der Waals surface area (Å²) in [7, 11) is 0. The molecule has 0 spiro atoms. The van der Waals surface area contributed by atoms with Gasteiger partial charge in [0.2, 0.25) is 5.95 Å². The lowest BCUT2D eigenvalue weighted by Crippen LogP contribution is -2.16. The van der Waals surface area contributed by atoms with Crippen LogP contribution in [0.3, 0.4) is 0 Å². The normalized spacial score (nSPS) is 10.7. The van der Waals surface area contributed by atoms with Gasteiger partial charge in [-0.05, 0) is 59.7 Å². The molecule has 0 saturated heterocycles. The van der Waals surface area contributed by atoms with E-state index in [-0.39, 0.29) is 41.0 Å². The van der Waals surface area contributed by atoms with Crippen molar-refractivity contribution in [3.05, 3.63) is 117 Å². The van der Waals surface area contributed by atoms with E-state index in [0.29, 0.717) is 33.1 Å². The molecule has 5 rings (SSSR count). The first-order chi connectivity index (χ1) is 19.3. The summed E-state index contributed by atoms with van der Waals surface area (Å²) >= 11 is 6.20. The molecule has 5 aromatic rings. The predicted molar refractivity (Wildman–Crippen MR) is 150 cm³/mol. The molecule has 0 aliphatic carbocycles. The number of carbonyl (C=O) groups is 1. The van der Waals surface area contributed by atoms with Gasteiger partial charge in [-0.3, -0.25) is 9.78 Å². The SMILES string of the molecule is N#Cc1c(F)cc(CCOc2ccc(Cl)cc2-c2cccc(C(=O)O)c2)c2c(=O)[nH]c(Nc3ccccc3)nc12. The van der Waals surface area contributed by atoms with Crippen LogP contribution < -0.4 is 15.6 Å². The number of ether oxygens (including phenoxy) is 1. The summed E-state index contributed by atoms with van der Waals surface area (Å²) in [6, 6.07) is 23.2. The van der Waals surface area contributed by atoms with E-state index in [9.17, 15) is 24.3 Å². The number of fused-ring (bicyclic) bond motifs is 1. The average molecular weight is 555 g/mol. The first-order valence-corrected chi connectivity index (χ1v) is 12.5. The van der Waals surface area contributed by atoms with Crippen LogP contribution in [0, 0.1) is 17.1 Å². The number of hydrogen-bond donors (Lipinski definition) is 3. The smallest absolute Gasteiger partial charge is 0.335 e. The van der Waals surface area contributed by atoms with Crippen LogP contribution in [0.15, 0.2) is 83.7 Å². The number of aromatic nitrogens is 2. The molecule has 198 valence electrons. The van der Waals surface area contributed by atoms with Crippen LogP contribution in [0.25, 0.3) is 22.0 Å². The van der Waals surface area contributed by atoms with E-state index in [0.717, 1.165) is 6.07 Å². The standard InChI is InChI=1S/C30H20ClFN4O4/c31-20-9-10-25(22(15-20)17-5-4-6-19(13-17)29(38)39)40-12-11-18-14-24(32)23(16-33)27-26(18)28(37)36-30(35-27)34-21-7-2-1-3-8-21/h1-10,13-15H,11-12H2,(H,38,39)(H2,34,35,36,37). The summed E-state index contributed by atoms with van der Waals surface area (Å²) in [5.41, 5.74) is 1.31. The van der Waals surface area contributed by atoms with Gasteiger partial charge in [-0.1, -0.05) is 41.9 Å². The fraction of sp³-hybridized carbons (Fsp3) is 0.0667. The van der Waals surface area contributed by atoms with E-state index in [1.165, 1.54) is 12.1 Å². The average Bonchev–Trinajstić information content (AvgIpc) is 2.94. The highest BCUT2D eigenvalue weighted by molar-refractivity contribution is 6.31. The van der Waals surface area contributed by atoms with Crippen molar-refractivity contribution in [1.29, 1.82) is 5.26 Å². The number of carboxylic acids is 1. The van der Waals surface area contributed by atoms with Crippen LogP contribution in [0.5, 0.6) is 5.75 Å². The summed E-state index contributed by atoms with van der Waals surface area (Å²) in [6.45, 7) is 0.0388. The number of aromatic carboxylic acids is 1. The van der Waals surface area contributed by atoms with Gasteiger partial charge in [0, 0.05) is 22.7 Å². The van der Waals surface area contributed by atoms with Gasteiger partial charge in [-0.2, -0.15) is 5.26 Å². The van der Waals surface area contributed by atoms with Crippen molar-refractivity contribution in [2.75, 3.05) is 11.9 Å². The number of halogens is 2. The minimum absolute atomic E-state index is 0.0388. The molecule has 40 heavy (non-hydrogen) atoms. The lowest BCUT2D eigenvalue weighted by molar-refractivity contribution is 0.0697. The van der Waals surface area contributed by atoms with Gasteiger partial charge < -0.3 is 15.2 Å². The second-order valence-corrected chi connectivity index (χ2v) is 9.19. The second-order valence-electron chi connectivity index (χ2n) is 8.76. The lowest BCUT2D eigenvalue weighted by atomic mass is 10.0. The minimum Gasteiger partial charge on any atom is -0.493 e. The second kappa shape index (κ2) is 11.3. The molecule has 4 aromatic carbocycles. The Labute approximate surface area is 232 Å². The van der Waals surface area contributed by atoms with E-state index in [4.69, 9.17) is 16.3 Å². The number of nitrogens with one attached hydrogen (secondary N) is 2. The quantitative estimate of drug-likeness (QED) is 0.205. The third kappa shape index (κ3) is 5.48. The zero-order valence-corrected chi connectivity index (χ0v) is 21.5. The van der Waals surface area contributed by atoms with E-state index in [1.54, 1.807) is 60.7 Å². The third-order valence-corrected chi connectivity index (χ3v) is 6.39. The van der Waals surface area contributed by atoms with Crippen LogP contribution in [-0.4, -0.2) is 27.7 Å². The first-order valence-electron chi connectivity index (χ1n) is 12.1. The van der Waals surface area contributed by atoms with Crippen molar-refractivity contribution in [2.24, 2.45) is 0 Å². The molecule has 0 fully saturated rings.